The van der Waals surface area contributed by atoms with Crippen LogP contribution in [0.2, 0.25) is 0 Å². The van der Waals surface area contributed by atoms with Gasteiger partial charge in [0.05, 0.1) is 0 Å². The van der Waals surface area contributed by atoms with Crippen LogP contribution in [0.3, 0.4) is 0 Å². The molecule has 0 radical (unpaired) electrons. The van der Waals surface area contributed by atoms with E-state index in [1.807, 2.05) is 6.07 Å². The quantitative estimate of drug-likeness (QED) is 0.787. The van der Waals surface area contributed by atoms with Crippen molar-refractivity contribution in [2.45, 2.75) is 6.42 Å². The molecule has 1 rings (SSSR count). The monoisotopic (exact) mass is 235 g/mol. The Kier molecular flexibility index (Phi) is 4.51. The Morgan fingerprint density at radius 1 is 1.35 bits per heavy atom. The van der Waals surface area contributed by atoms with Gasteiger partial charge in [0, 0.05) is 38.3 Å². The Hall–Kier alpha value is -2.04. The molecule has 17 heavy (non-hydrogen) atoms. The Bertz CT molecular complexity index is 416. The highest BCUT2D eigenvalue weighted by Crippen LogP contribution is 2.10. The smallest absolute Gasteiger partial charge is 0.248 e. The second-order valence-electron chi connectivity index (χ2n) is 3.91. The van der Waals surface area contributed by atoms with Crippen molar-refractivity contribution in [3.05, 3.63) is 29.8 Å². The summed E-state index contributed by atoms with van der Waals surface area (Å²) >= 11 is 0. The summed E-state index contributed by atoms with van der Waals surface area (Å²) < 4.78 is 0. The molecule has 0 aliphatic carbocycles. The predicted molar refractivity (Wildman–Crippen MR) is 66.8 cm³/mol. The lowest BCUT2D eigenvalue weighted by Gasteiger charge is -2.11. The number of rotatable bonds is 5. The topological polar surface area (TPSA) is 75.4 Å². The molecule has 5 nitrogen and oxygen atoms in total. The van der Waals surface area contributed by atoms with Crippen LogP contribution in [-0.4, -0.2) is 37.4 Å². The number of hydrogen-bond acceptors (Lipinski definition) is 3. The second kappa shape index (κ2) is 5.89. The van der Waals surface area contributed by atoms with Crippen LogP contribution >= 0.6 is 0 Å². The van der Waals surface area contributed by atoms with Gasteiger partial charge < -0.3 is 16.0 Å². The van der Waals surface area contributed by atoms with Crippen molar-refractivity contribution >= 4 is 17.5 Å². The summed E-state index contributed by atoms with van der Waals surface area (Å²) in [5, 5.41) is 3.07. The zero-order valence-electron chi connectivity index (χ0n) is 10.1. The highest BCUT2D eigenvalue weighted by molar-refractivity contribution is 5.93. The number of anilines is 1. The third kappa shape index (κ3) is 4.14. The van der Waals surface area contributed by atoms with Gasteiger partial charge >= 0.3 is 0 Å². The third-order valence-electron chi connectivity index (χ3n) is 2.31. The van der Waals surface area contributed by atoms with Crippen LogP contribution in [0.25, 0.3) is 0 Å². The van der Waals surface area contributed by atoms with Crippen LogP contribution in [0.5, 0.6) is 0 Å². The molecule has 3 N–H and O–H groups in total. The van der Waals surface area contributed by atoms with Crippen LogP contribution < -0.4 is 11.1 Å². The zero-order valence-corrected chi connectivity index (χ0v) is 10.1. The molecule has 0 saturated carbocycles. The summed E-state index contributed by atoms with van der Waals surface area (Å²) in [4.78, 5) is 23.8. The first-order chi connectivity index (χ1) is 8.00. The maximum absolute atomic E-state index is 11.3. The number of nitrogens with two attached hydrogens (primary N) is 1. The summed E-state index contributed by atoms with van der Waals surface area (Å²) in [5.74, 6) is -0.401. The number of nitrogens with one attached hydrogen (secondary N) is 1. The molecule has 0 unspecified atom stereocenters. The lowest BCUT2D eigenvalue weighted by atomic mass is 10.2. The van der Waals surface area contributed by atoms with Crippen molar-refractivity contribution in [3.63, 3.8) is 0 Å². The first-order valence-electron chi connectivity index (χ1n) is 5.34. The van der Waals surface area contributed by atoms with Gasteiger partial charge in [0.1, 0.15) is 0 Å². The standard InChI is InChI=1S/C12H17N3O2/c1-15(2)11(16)6-7-14-10-5-3-4-9(8-10)12(13)17/h3-5,8,14H,6-7H2,1-2H3,(H2,13,17). The molecule has 2 amide bonds. The molecule has 92 valence electrons. The van der Waals surface area contributed by atoms with Gasteiger partial charge in [-0.05, 0) is 18.2 Å². The third-order valence-corrected chi connectivity index (χ3v) is 2.31. The summed E-state index contributed by atoms with van der Waals surface area (Å²) in [6, 6.07) is 6.89. The van der Waals surface area contributed by atoms with E-state index in [0.717, 1.165) is 5.69 Å². The van der Waals surface area contributed by atoms with E-state index in [1.54, 1.807) is 37.2 Å². The normalized spacial score (nSPS) is 9.76. The van der Waals surface area contributed by atoms with Crippen molar-refractivity contribution in [3.8, 4) is 0 Å². The lowest BCUT2D eigenvalue weighted by molar-refractivity contribution is -0.128. The average molecular weight is 235 g/mol. The van der Waals surface area contributed by atoms with E-state index in [1.165, 1.54) is 0 Å². The van der Waals surface area contributed by atoms with E-state index in [9.17, 15) is 9.59 Å². The number of nitrogens with zero attached hydrogens (tertiary/aromatic N) is 1. The van der Waals surface area contributed by atoms with Gasteiger partial charge in [0.25, 0.3) is 0 Å². The molecule has 0 aromatic heterocycles. The highest BCUT2D eigenvalue weighted by Gasteiger charge is 2.04. The minimum absolute atomic E-state index is 0.0588. The summed E-state index contributed by atoms with van der Waals surface area (Å²) in [6.07, 6.45) is 0.411. The van der Waals surface area contributed by atoms with E-state index in [4.69, 9.17) is 5.73 Å². The van der Waals surface area contributed by atoms with Crippen molar-refractivity contribution in [2.75, 3.05) is 26.0 Å². The number of carbonyl (C=O) groups is 2. The van der Waals surface area contributed by atoms with Crippen molar-refractivity contribution in [1.82, 2.24) is 4.90 Å². The number of primary amides is 1. The van der Waals surface area contributed by atoms with E-state index in [0.29, 0.717) is 18.5 Å². The number of carbonyl (C=O) groups excluding carboxylic acids is 2. The first-order valence-corrected chi connectivity index (χ1v) is 5.34. The number of hydrogen-bond donors (Lipinski definition) is 2. The number of benzene rings is 1. The van der Waals surface area contributed by atoms with E-state index >= 15 is 0 Å². The Balaban J connectivity index is 2.50. The SMILES string of the molecule is CN(C)C(=O)CCNc1cccc(C(N)=O)c1. The molecule has 1 aromatic carbocycles. The molecule has 0 saturated heterocycles. The van der Waals surface area contributed by atoms with Crippen LogP contribution in [0, 0.1) is 0 Å². The Morgan fingerprint density at radius 2 is 2.06 bits per heavy atom. The first kappa shape index (κ1) is 13.0. The van der Waals surface area contributed by atoms with E-state index in [2.05, 4.69) is 5.32 Å². The predicted octanol–water partition coefficient (Wildman–Crippen LogP) is 0.676. The fraction of sp³-hybridized carbons (Fsp3) is 0.333. The fourth-order valence-electron chi connectivity index (χ4n) is 1.32. The highest BCUT2D eigenvalue weighted by atomic mass is 16.2. The maximum atomic E-state index is 11.3. The zero-order chi connectivity index (χ0) is 12.8. The van der Waals surface area contributed by atoms with Gasteiger partial charge in [-0.1, -0.05) is 6.07 Å². The molecule has 0 heterocycles. The minimum Gasteiger partial charge on any atom is -0.385 e. The maximum Gasteiger partial charge on any atom is 0.248 e. The Morgan fingerprint density at radius 3 is 2.65 bits per heavy atom. The molecule has 0 atom stereocenters. The average Bonchev–Trinajstić information content (AvgIpc) is 2.29. The summed E-state index contributed by atoms with van der Waals surface area (Å²) in [7, 11) is 3.44. The molecular formula is C12H17N3O2. The van der Waals surface area contributed by atoms with Crippen molar-refractivity contribution < 1.29 is 9.59 Å². The Labute approximate surface area is 101 Å². The van der Waals surface area contributed by atoms with Crippen molar-refractivity contribution in [2.24, 2.45) is 5.73 Å². The van der Waals surface area contributed by atoms with Gasteiger partial charge in [-0.3, -0.25) is 9.59 Å². The van der Waals surface area contributed by atoms with Gasteiger partial charge in [-0.15, -0.1) is 0 Å². The molecule has 5 heteroatoms. The van der Waals surface area contributed by atoms with Crippen LogP contribution in [0.1, 0.15) is 16.8 Å². The van der Waals surface area contributed by atoms with Crippen molar-refractivity contribution in [1.29, 1.82) is 0 Å². The molecule has 0 aliphatic rings. The molecule has 0 aliphatic heterocycles. The largest absolute Gasteiger partial charge is 0.385 e. The van der Waals surface area contributed by atoms with E-state index < -0.39 is 5.91 Å². The number of amides is 2. The molecular weight excluding hydrogens is 218 g/mol. The lowest BCUT2D eigenvalue weighted by Crippen LogP contribution is -2.23. The van der Waals surface area contributed by atoms with Crippen LogP contribution in [-0.2, 0) is 4.79 Å². The second-order valence-corrected chi connectivity index (χ2v) is 3.91. The summed E-state index contributed by atoms with van der Waals surface area (Å²) in [6.45, 7) is 0.527. The minimum atomic E-state index is -0.460. The van der Waals surface area contributed by atoms with E-state index in [-0.39, 0.29) is 5.91 Å². The van der Waals surface area contributed by atoms with Crippen LogP contribution in [0.15, 0.2) is 24.3 Å². The van der Waals surface area contributed by atoms with Crippen LogP contribution in [0.4, 0.5) is 5.69 Å². The van der Waals surface area contributed by atoms with Gasteiger partial charge in [0.2, 0.25) is 11.8 Å². The molecule has 1 aromatic rings. The van der Waals surface area contributed by atoms with Gasteiger partial charge in [-0.25, -0.2) is 0 Å². The summed E-state index contributed by atoms with van der Waals surface area (Å²) in [5.41, 5.74) is 6.41. The van der Waals surface area contributed by atoms with Gasteiger partial charge in [0.15, 0.2) is 0 Å². The molecule has 0 bridgehead atoms. The molecule has 0 spiro atoms. The molecule has 0 fully saturated rings. The van der Waals surface area contributed by atoms with Gasteiger partial charge in [-0.2, -0.15) is 0 Å². The fourth-order valence-corrected chi connectivity index (χ4v) is 1.32.